The van der Waals surface area contributed by atoms with Gasteiger partial charge >= 0.3 is 6.01 Å². The highest BCUT2D eigenvalue weighted by Gasteiger charge is 2.22. The van der Waals surface area contributed by atoms with Crippen LogP contribution in [0.4, 0.5) is 6.01 Å². The molecule has 1 atom stereocenters. The number of carbonyl (C=O) groups excluding carboxylic acids is 1. The number of rotatable bonds is 6. The van der Waals surface area contributed by atoms with E-state index in [0.29, 0.717) is 18.7 Å². The Bertz CT molecular complexity index is 457. The summed E-state index contributed by atoms with van der Waals surface area (Å²) in [5.41, 5.74) is 0. The van der Waals surface area contributed by atoms with Gasteiger partial charge in [-0.2, -0.15) is 0 Å². The maximum absolute atomic E-state index is 11.6. The fourth-order valence-corrected chi connectivity index (χ4v) is 2.02. The Labute approximate surface area is 112 Å². The highest BCUT2D eigenvalue weighted by atomic mass is 16.4. The lowest BCUT2D eigenvalue weighted by atomic mass is 10.2. The first-order valence-electron chi connectivity index (χ1n) is 6.59. The average molecular weight is 262 g/mol. The molecule has 0 aromatic carbocycles. The van der Waals surface area contributed by atoms with Crippen molar-refractivity contribution in [2.45, 2.75) is 44.6 Å². The quantitative estimate of drug-likeness (QED) is 0.601. The number of unbranched alkanes of at least 4 members (excludes halogenated alkanes) is 2. The number of amides is 1. The van der Waals surface area contributed by atoms with Crippen LogP contribution in [0.25, 0.3) is 0 Å². The van der Waals surface area contributed by atoms with Gasteiger partial charge in [0, 0.05) is 12.8 Å². The zero-order valence-corrected chi connectivity index (χ0v) is 10.8. The molecule has 0 spiro atoms. The molecular weight excluding hydrogens is 244 g/mol. The van der Waals surface area contributed by atoms with Crippen LogP contribution in [0.3, 0.4) is 0 Å². The topological polar surface area (TPSA) is 80.0 Å². The number of carbonyl (C=O) groups is 1. The minimum absolute atomic E-state index is 0.119. The van der Waals surface area contributed by atoms with Gasteiger partial charge in [0.2, 0.25) is 11.8 Å². The molecule has 1 aromatic rings. The van der Waals surface area contributed by atoms with Crippen LogP contribution >= 0.6 is 0 Å². The van der Waals surface area contributed by atoms with Crippen molar-refractivity contribution in [1.29, 1.82) is 0 Å². The van der Waals surface area contributed by atoms with Gasteiger partial charge in [-0.05, 0) is 32.2 Å². The number of nitrogens with zero attached hydrogens (tertiary/aromatic N) is 2. The number of hydrogen-bond acceptors (Lipinski definition) is 5. The van der Waals surface area contributed by atoms with E-state index in [0.717, 1.165) is 32.2 Å². The minimum atomic E-state index is -0.119. The predicted octanol–water partition coefficient (Wildman–Crippen LogP) is 1.63. The van der Waals surface area contributed by atoms with Gasteiger partial charge in [0.1, 0.15) is 0 Å². The van der Waals surface area contributed by atoms with Crippen LogP contribution in [-0.4, -0.2) is 22.6 Å². The molecule has 0 saturated carbocycles. The minimum Gasteiger partial charge on any atom is -0.406 e. The Morgan fingerprint density at radius 1 is 1.53 bits per heavy atom. The summed E-state index contributed by atoms with van der Waals surface area (Å²) in [5.74, 6) is 2.97. The lowest BCUT2D eigenvalue weighted by Gasteiger charge is -2.02. The molecule has 1 aromatic heterocycles. The summed E-state index contributed by atoms with van der Waals surface area (Å²) in [6.07, 6.45) is 9.97. The molecule has 1 fully saturated rings. The van der Waals surface area contributed by atoms with Crippen LogP contribution in [0.15, 0.2) is 4.42 Å². The van der Waals surface area contributed by atoms with E-state index < -0.39 is 0 Å². The van der Waals surface area contributed by atoms with E-state index >= 15 is 0 Å². The number of aromatic nitrogens is 2. The summed E-state index contributed by atoms with van der Waals surface area (Å²) in [6, 6.07) is 0.291. The maximum atomic E-state index is 11.6. The van der Waals surface area contributed by atoms with Gasteiger partial charge in [-0.3, -0.25) is 10.1 Å². The van der Waals surface area contributed by atoms with E-state index in [4.69, 9.17) is 10.8 Å². The molecule has 1 amide bonds. The molecule has 19 heavy (non-hydrogen) atoms. The molecule has 1 aliphatic rings. The van der Waals surface area contributed by atoms with Gasteiger partial charge < -0.3 is 9.73 Å². The summed E-state index contributed by atoms with van der Waals surface area (Å²) < 4.78 is 5.42. The fourth-order valence-electron chi connectivity index (χ4n) is 2.02. The summed E-state index contributed by atoms with van der Waals surface area (Å²) in [4.78, 5) is 11.6. The molecule has 1 saturated heterocycles. The summed E-state index contributed by atoms with van der Waals surface area (Å²) in [6.45, 7) is 0.962. The second-order valence-electron chi connectivity index (χ2n) is 4.55. The van der Waals surface area contributed by atoms with E-state index in [9.17, 15) is 4.79 Å². The Morgan fingerprint density at radius 2 is 2.42 bits per heavy atom. The normalized spacial score (nSPS) is 18.2. The van der Waals surface area contributed by atoms with Crippen molar-refractivity contribution >= 4 is 11.9 Å². The standard InChI is InChI=1S/C13H18N4O2/c1-2-3-4-5-8-11(18)15-13-17-16-12(19-13)10-7-6-9-14-10/h1,10,14H,3-9H2,(H,15,17,18). The van der Waals surface area contributed by atoms with Crippen molar-refractivity contribution in [3.63, 3.8) is 0 Å². The van der Waals surface area contributed by atoms with Crippen molar-refractivity contribution in [2.75, 3.05) is 11.9 Å². The van der Waals surface area contributed by atoms with Crippen molar-refractivity contribution < 1.29 is 9.21 Å². The monoisotopic (exact) mass is 262 g/mol. The van der Waals surface area contributed by atoms with Crippen molar-refractivity contribution in [3.8, 4) is 12.3 Å². The Hall–Kier alpha value is -1.87. The molecule has 1 aliphatic heterocycles. The highest BCUT2D eigenvalue weighted by Crippen LogP contribution is 2.22. The van der Waals surface area contributed by atoms with Gasteiger partial charge in [-0.1, -0.05) is 5.10 Å². The van der Waals surface area contributed by atoms with E-state index in [1.165, 1.54) is 0 Å². The number of anilines is 1. The number of nitrogens with one attached hydrogen (secondary N) is 2. The van der Waals surface area contributed by atoms with Crippen molar-refractivity contribution in [3.05, 3.63) is 5.89 Å². The number of terminal acetylenes is 1. The molecule has 2 heterocycles. The SMILES string of the molecule is C#CCCCCC(=O)Nc1nnc(C2CCCN2)o1. The third kappa shape index (κ3) is 4.07. The third-order valence-corrected chi connectivity index (χ3v) is 3.02. The molecule has 6 heteroatoms. The largest absolute Gasteiger partial charge is 0.406 e. The molecule has 102 valence electrons. The summed E-state index contributed by atoms with van der Waals surface area (Å²) >= 11 is 0. The second-order valence-corrected chi connectivity index (χ2v) is 4.55. The smallest absolute Gasteiger partial charge is 0.322 e. The van der Waals surface area contributed by atoms with E-state index in [-0.39, 0.29) is 18.0 Å². The van der Waals surface area contributed by atoms with Crippen LogP contribution in [0.2, 0.25) is 0 Å². The predicted molar refractivity (Wildman–Crippen MR) is 70.2 cm³/mol. The summed E-state index contributed by atoms with van der Waals surface area (Å²) in [5, 5.41) is 13.6. The zero-order chi connectivity index (χ0) is 13.5. The summed E-state index contributed by atoms with van der Waals surface area (Å²) in [7, 11) is 0. The van der Waals surface area contributed by atoms with Crippen LogP contribution in [0.5, 0.6) is 0 Å². The first-order chi connectivity index (χ1) is 9.29. The van der Waals surface area contributed by atoms with Gasteiger partial charge in [0.25, 0.3) is 0 Å². The molecule has 2 rings (SSSR count). The van der Waals surface area contributed by atoms with E-state index in [1.54, 1.807) is 0 Å². The molecule has 6 nitrogen and oxygen atoms in total. The lowest BCUT2D eigenvalue weighted by molar-refractivity contribution is -0.116. The maximum Gasteiger partial charge on any atom is 0.322 e. The molecule has 0 bridgehead atoms. The van der Waals surface area contributed by atoms with Gasteiger partial charge in [0.05, 0.1) is 6.04 Å². The third-order valence-electron chi connectivity index (χ3n) is 3.02. The molecule has 0 aliphatic carbocycles. The first kappa shape index (κ1) is 13.6. The van der Waals surface area contributed by atoms with Crippen molar-refractivity contribution in [2.24, 2.45) is 0 Å². The molecule has 1 unspecified atom stereocenters. The molecular formula is C13H18N4O2. The van der Waals surface area contributed by atoms with Gasteiger partial charge in [0.15, 0.2) is 0 Å². The van der Waals surface area contributed by atoms with E-state index in [1.807, 2.05) is 0 Å². The van der Waals surface area contributed by atoms with Gasteiger partial charge in [-0.25, -0.2) is 0 Å². The number of hydrogen-bond donors (Lipinski definition) is 2. The Kier molecular flexibility index (Phi) is 4.93. The molecule has 0 radical (unpaired) electrons. The zero-order valence-electron chi connectivity index (χ0n) is 10.8. The van der Waals surface area contributed by atoms with Crippen LogP contribution in [0, 0.1) is 12.3 Å². The van der Waals surface area contributed by atoms with Crippen molar-refractivity contribution in [1.82, 2.24) is 15.5 Å². The Balaban J connectivity index is 1.76. The van der Waals surface area contributed by atoms with Crippen LogP contribution in [-0.2, 0) is 4.79 Å². The van der Waals surface area contributed by atoms with Crippen LogP contribution in [0.1, 0.15) is 50.5 Å². The van der Waals surface area contributed by atoms with Gasteiger partial charge in [-0.15, -0.1) is 17.4 Å². The average Bonchev–Trinajstić information content (AvgIpc) is 3.04. The Morgan fingerprint density at radius 3 is 3.16 bits per heavy atom. The fraction of sp³-hybridized carbons (Fsp3) is 0.615. The molecule has 2 N–H and O–H groups in total. The second kappa shape index (κ2) is 6.90. The van der Waals surface area contributed by atoms with Crippen LogP contribution < -0.4 is 10.6 Å². The lowest BCUT2D eigenvalue weighted by Crippen LogP contribution is -2.13. The first-order valence-corrected chi connectivity index (χ1v) is 6.59. The van der Waals surface area contributed by atoms with E-state index in [2.05, 4.69) is 26.8 Å². The highest BCUT2D eigenvalue weighted by molar-refractivity contribution is 5.88.